The van der Waals surface area contributed by atoms with E-state index in [1.807, 2.05) is 19.1 Å². The lowest BCUT2D eigenvalue weighted by molar-refractivity contribution is 0.376. The predicted molar refractivity (Wildman–Crippen MR) is 123 cm³/mol. The number of aliphatic imine (C=N–C) groups is 1. The first-order valence-electron chi connectivity index (χ1n) is 8.73. The normalized spacial score (nSPS) is 12.3. The molecule has 158 valence electrons. The van der Waals surface area contributed by atoms with Gasteiger partial charge in [0.2, 0.25) is 0 Å². The summed E-state index contributed by atoms with van der Waals surface area (Å²) in [7, 11) is -0.347. The summed E-state index contributed by atoms with van der Waals surface area (Å²) in [6.45, 7) is 7.66. The molecule has 2 aromatic rings. The van der Waals surface area contributed by atoms with Gasteiger partial charge in [-0.3, -0.25) is 0 Å². The molecule has 11 heteroatoms. The summed E-state index contributed by atoms with van der Waals surface area (Å²) in [5, 5.41) is 10.4. The standard InChI is InChI=1S/C17H27N5O3S2.HI/c1-6-18-17(19-10-13-9-15(12(2)3)21-25-13)20-11-14-7-8-16(26-14)27(23,24)22(4)5;/h7-9,12H,6,10-11H2,1-5H3,(H2,18,19,20);1H. The summed E-state index contributed by atoms with van der Waals surface area (Å²) < 4.78 is 31.2. The van der Waals surface area contributed by atoms with E-state index in [2.05, 4.69) is 34.6 Å². The number of rotatable bonds is 8. The molecule has 0 fully saturated rings. The summed E-state index contributed by atoms with van der Waals surface area (Å²) in [5.74, 6) is 1.64. The Labute approximate surface area is 187 Å². The molecule has 0 aromatic carbocycles. The number of nitrogens with one attached hydrogen (secondary N) is 2. The van der Waals surface area contributed by atoms with Gasteiger partial charge in [-0.05, 0) is 25.0 Å². The molecule has 0 aliphatic heterocycles. The molecule has 2 heterocycles. The Hall–Kier alpha value is -1.18. The summed E-state index contributed by atoms with van der Waals surface area (Å²) in [5.41, 5.74) is 0.909. The van der Waals surface area contributed by atoms with Crippen molar-refractivity contribution in [2.45, 2.75) is 44.0 Å². The highest BCUT2D eigenvalue weighted by Gasteiger charge is 2.19. The highest BCUT2D eigenvalue weighted by molar-refractivity contribution is 14.0. The maximum Gasteiger partial charge on any atom is 0.252 e. The lowest BCUT2D eigenvalue weighted by Crippen LogP contribution is -2.36. The van der Waals surface area contributed by atoms with Crippen molar-refractivity contribution in [3.63, 3.8) is 0 Å². The van der Waals surface area contributed by atoms with Crippen molar-refractivity contribution in [3.05, 3.63) is 34.5 Å². The maximum absolute atomic E-state index is 12.2. The molecule has 0 radical (unpaired) electrons. The van der Waals surface area contributed by atoms with Crippen LogP contribution in [0.15, 0.2) is 31.9 Å². The molecule has 0 saturated carbocycles. The summed E-state index contributed by atoms with van der Waals surface area (Å²) in [6, 6.07) is 5.35. The van der Waals surface area contributed by atoms with Gasteiger partial charge in [-0.1, -0.05) is 19.0 Å². The third-order valence-corrected chi connectivity index (χ3v) is 7.08. The van der Waals surface area contributed by atoms with Gasteiger partial charge in [0.15, 0.2) is 11.7 Å². The Bertz CT molecular complexity index is 875. The van der Waals surface area contributed by atoms with Crippen molar-refractivity contribution in [2.24, 2.45) is 4.99 Å². The van der Waals surface area contributed by atoms with Gasteiger partial charge < -0.3 is 15.2 Å². The van der Waals surface area contributed by atoms with Crippen LogP contribution in [0.4, 0.5) is 0 Å². The van der Waals surface area contributed by atoms with Gasteiger partial charge in [0, 0.05) is 31.6 Å². The molecular formula is C17H28IN5O3S2. The van der Waals surface area contributed by atoms with Crippen LogP contribution < -0.4 is 10.6 Å². The zero-order valence-electron chi connectivity index (χ0n) is 16.7. The van der Waals surface area contributed by atoms with Crippen molar-refractivity contribution in [1.29, 1.82) is 0 Å². The molecule has 0 aliphatic rings. The van der Waals surface area contributed by atoms with Crippen LogP contribution >= 0.6 is 35.3 Å². The number of aromatic nitrogens is 1. The molecule has 0 atom stereocenters. The van der Waals surface area contributed by atoms with E-state index >= 15 is 0 Å². The predicted octanol–water partition coefficient (Wildman–Crippen LogP) is 2.98. The molecule has 0 bridgehead atoms. The van der Waals surface area contributed by atoms with E-state index in [1.54, 1.807) is 6.07 Å². The van der Waals surface area contributed by atoms with Crippen LogP contribution in [0.5, 0.6) is 0 Å². The van der Waals surface area contributed by atoms with Gasteiger partial charge in [-0.25, -0.2) is 17.7 Å². The quantitative estimate of drug-likeness (QED) is 0.303. The second-order valence-corrected chi connectivity index (χ2v) is 9.98. The van der Waals surface area contributed by atoms with Crippen LogP contribution in [-0.2, 0) is 23.1 Å². The minimum Gasteiger partial charge on any atom is -0.359 e. The zero-order valence-corrected chi connectivity index (χ0v) is 20.7. The molecule has 28 heavy (non-hydrogen) atoms. The lowest BCUT2D eigenvalue weighted by Gasteiger charge is -2.10. The number of hydrogen-bond donors (Lipinski definition) is 2. The Balaban J connectivity index is 0.00000392. The fourth-order valence-corrected chi connectivity index (χ4v) is 4.58. The van der Waals surface area contributed by atoms with Crippen molar-refractivity contribution < 1.29 is 12.9 Å². The molecule has 0 spiro atoms. The Morgan fingerprint density at radius 2 is 2.04 bits per heavy atom. The van der Waals surface area contributed by atoms with Gasteiger partial charge in [0.05, 0.1) is 12.2 Å². The molecule has 2 rings (SSSR count). The van der Waals surface area contributed by atoms with Crippen molar-refractivity contribution in [3.8, 4) is 0 Å². The Morgan fingerprint density at radius 3 is 2.61 bits per heavy atom. The van der Waals surface area contributed by atoms with Crippen LogP contribution in [-0.4, -0.2) is 44.5 Å². The molecule has 8 nitrogen and oxygen atoms in total. The van der Waals surface area contributed by atoms with E-state index < -0.39 is 10.0 Å². The van der Waals surface area contributed by atoms with Gasteiger partial charge in [-0.15, -0.1) is 35.3 Å². The number of hydrogen-bond acceptors (Lipinski definition) is 6. The number of thiophene rings is 1. The van der Waals surface area contributed by atoms with Crippen LogP contribution in [0.3, 0.4) is 0 Å². The van der Waals surface area contributed by atoms with Gasteiger partial charge >= 0.3 is 0 Å². The topological polar surface area (TPSA) is 99.8 Å². The number of halogens is 1. The van der Waals surface area contributed by atoms with E-state index in [-0.39, 0.29) is 24.0 Å². The van der Waals surface area contributed by atoms with E-state index in [4.69, 9.17) is 4.52 Å². The largest absolute Gasteiger partial charge is 0.359 e. The number of sulfonamides is 1. The van der Waals surface area contributed by atoms with Crippen LogP contribution in [0.2, 0.25) is 0 Å². The average Bonchev–Trinajstić information content (AvgIpc) is 3.27. The van der Waals surface area contributed by atoms with E-state index in [0.29, 0.717) is 41.5 Å². The van der Waals surface area contributed by atoms with Crippen LogP contribution in [0, 0.1) is 0 Å². The molecule has 0 aliphatic carbocycles. The average molecular weight is 541 g/mol. The molecule has 0 amide bonds. The molecule has 2 aromatic heterocycles. The molecule has 0 unspecified atom stereocenters. The third-order valence-electron chi connectivity index (χ3n) is 3.71. The summed E-state index contributed by atoms with van der Waals surface area (Å²) in [4.78, 5) is 5.40. The fourth-order valence-electron chi connectivity index (χ4n) is 2.12. The first-order valence-corrected chi connectivity index (χ1v) is 11.0. The second-order valence-electron chi connectivity index (χ2n) is 6.43. The van der Waals surface area contributed by atoms with Crippen molar-refractivity contribution in [1.82, 2.24) is 20.1 Å². The van der Waals surface area contributed by atoms with Crippen molar-refractivity contribution in [2.75, 3.05) is 20.6 Å². The highest BCUT2D eigenvalue weighted by Crippen LogP contribution is 2.23. The lowest BCUT2D eigenvalue weighted by atomic mass is 10.1. The van der Waals surface area contributed by atoms with E-state index in [0.717, 1.165) is 10.6 Å². The zero-order chi connectivity index (χ0) is 20.0. The van der Waals surface area contributed by atoms with E-state index in [1.165, 1.54) is 29.7 Å². The Morgan fingerprint density at radius 1 is 1.32 bits per heavy atom. The SMILES string of the molecule is CCNC(=NCc1cc(C(C)C)no1)NCc1ccc(S(=O)(=O)N(C)C)s1.I. The smallest absolute Gasteiger partial charge is 0.252 e. The van der Waals surface area contributed by atoms with Crippen LogP contribution in [0.1, 0.15) is 43.0 Å². The highest BCUT2D eigenvalue weighted by atomic mass is 127. The van der Waals surface area contributed by atoms with Gasteiger partial charge in [0.25, 0.3) is 10.0 Å². The first-order chi connectivity index (χ1) is 12.7. The first kappa shape index (κ1) is 24.9. The summed E-state index contributed by atoms with van der Waals surface area (Å²) in [6.07, 6.45) is 0. The van der Waals surface area contributed by atoms with Crippen LogP contribution in [0.25, 0.3) is 0 Å². The van der Waals surface area contributed by atoms with Gasteiger partial charge in [0.1, 0.15) is 10.8 Å². The number of guanidine groups is 1. The minimum atomic E-state index is -3.40. The monoisotopic (exact) mass is 541 g/mol. The molecule has 0 saturated heterocycles. The maximum atomic E-state index is 12.2. The molecular weight excluding hydrogens is 513 g/mol. The van der Waals surface area contributed by atoms with Gasteiger partial charge in [-0.2, -0.15) is 0 Å². The molecule has 2 N–H and O–H groups in total. The Kier molecular flexibility index (Phi) is 9.87. The van der Waals surface area contributed by atoms with Crippen molar-refractivity contribution >= 4 is 51.3 Å². The van der Waals surface area contributed by atoms with E-state index in [9.17, 15) is 8.42 Å². The summed E-state index contributed by atoms with van der Waals surface area (Å²) >= 11 is 1.25. The fraction of sp³-hybridized carbons (Fsp3) is 0.529. The second kappa shape index (κ2) is 11.1. The minimum absolute atomic E-state index is 0. The number of nitrogens with zero attached hydrogens (tertiary/aromatic N) is 3. The third kappa shape index (κ3) is 6.71.